The molecule has 0 aromatic heterocycles. The number of hydrogen-bond acceptors (Lipinski definition) is 3. The van der Waals surface area contributed by atoms with Crippen LogP contribution in [0.15, 0.2) is 0 Å². The third kappa shape index (κ3) is 2.69. The third-order valence-electron chi connectivity index (χ3n) is 2.90. The average Bonchev–Trinajstić information content (AvgIpc) is 2.19. The van der Waals surface area contributed by atoms with Crippen molar-refractivity contribution in [1.82, 2.24) is 10.2 Å². The molecule has 14 heavy (non-hydrogen) atoms. The molecule has 0 unspecified atom stereocenters. The van der Waals surface area contributed by atoms with Gasteiger partial charge in [0.25, 0.3) is 0 Å². The molecule has 82 valence electrons. The fourth-order valence-electron chi connectivity index (χ4n) is 1.91. The minimum atomic E-state index is -0.223. The molecule has 0 aromatic rings. The first-order chi connectivity index (χ1) is 6.69. The van der Waals surface area contributed by atoms with Gasteiger partial charge in [-0.25, -0.2) is 0 Å². The maximum absolute atomic E-state index is 11.5. The summed E-state index contributed by atoms with van der Waals surface area (Å²) in [4.78, 5) is 13.4. The van der Waals surface area contributed by atoms with Crippen molar-refractivity contribution in [2.75, 3.05) is 26.7 Å². The van der Waals surface area contributed by atoms with E-state index in [1.165, 1.54) is 0 Å². The molecule has 2 N–H and O–H groups in total. The lowest BCUT2D eigenvalue weighted by Gasteiger charge is -2.35. The Hall–Kier alpha value is -0.610. The predicted molar refractivity (Wildman–Crippen MR) is 54.9 cm³/mol. The molecule has 4 nitrogen and oxygen atoms in total. The standard InChI is InChI=1S/C10H20N2O2/c1-3-8-7-12(5-4-9(8)13)10(14)6-11-2/h8-9,11,13H,3-7H2,1-2H3/t8-,9-/m0/s1. The van der Waals surface area contributed by atoms with E-state index in [2.05, 4.69) is 12.2 Å². The molecule has 1 aliphatic heterocycles. The fraction of sp³-hybridized carbons (Fsp3) is 0.900. The molecule has 2 atom stereocenters. The summed E-state index contributed by atoms with van der Waals surface area (Å²) in [6.45, 7) is 3.85. The Balaban J connectivity index is 2.45. The lowest BCUT2D eigenvalue weighted by atomic mass is 9.92. The number of aliphatic hydroxyl groups is 1. The number of rotatable bonds is 3. The van der Waals surface area contributed by atoms with Gasteiger partial charge in [-0.2, -0.15) is 0 Å². The highest BCUT2D eigenvalue weighted by atomic mass is 16.3. The quantitative estimate of drug-likeness (QED) is 0.665. The van der Waals surface area contributed by atoms with Gasteiger partial charge in [0.15, 0.2) is 0 Å². The number of amides is 1. The molecule has 1 saturated heterocycles. The number of carbonyl (C=O) groups excluding carboxylic acids is 1. The summed E-state index contributed by atoms with van der Waals surface area (Å²) in [5.74, 6) is 0.391. The summed E-state index contributed by atoms with van der Waals surface area (Å²) in [7, 11) is 1.77. The van der Waals surface area contributed by atoms with E-state index in [0.29, 0.717) is 26.1 Å². The Morgan fingerprint density at radius 1 is 1.64 bits per heavy atom. The van der Waals surface area contributed by atoms with Gasteiger partial charge >= 0.3 is 0 Å². The Bertz CT molecular complexity index is 197. The van der Waals surface area contributed by atoms with Crippen molar-refractivity contribution in [3.05, 3.63) is 0 Å². The van der Waals surface area contributed by atoms with E-state index in [4.69, 9.17) is 0 Å². The molecule has 4 heteroatoms. The van der Waals surface area contributed by atoms with Crippen LogP contribution >= 0.6 is 0 Å². The molecule has 0 aliphatic carbocycles. The molecule has 1 heterocycles. The van der Waals surface area contributed by atoms with Crippen LogP contribution in [0, 0.1) is 5.92 Å². The smallest absolute Gasteiger partial charge is 0.236 e. The lowest BCUT2D eigenvalue weighted by Crippen LogP contribution is -2.48. The summed E-state index contributed by atoms with van der Waals surface area (Å²) in [6.07, 6.45) is 1.43. The van der Waals surface area contributed by atoms with E-state index >= 15 is 0 Å². The SMILES string of the molecule is CC[C@H]1CN(C(=O)CNC)CC[C@@H]1O. The van der Waals surface area contributed by atoms with Crippen molar-refractivity contribution in [2.45, 2.75) is 25.9 Å². The second-order valence-corrected chi connectivity index (χ2v) is 3.89. The fourth-order valence-corrected chi connectivity index (χ4v) is 1.91. The van der Waals surface area contributed by atoms with Crippen LogP contribution < -0.4 is 5.32 Å². The molecule has 1 rings (SSSR count). The normalized spacial score (nSPS) is 27.8. The number of hydrogen-bond donors (Lipinski definition) is 2. The Morgan fingerprint density at radius 3 is 2.93 bits per heavy atom. The van der Waals surface area contributed by atoms with Crippen LogP contribution in [0.25, 0.3) is 0 Å². The zero-order valence-corrected chi connectivity index (χ0v) is 8.99. The van der Waals surface area contributed by atoms with Crippen LogP contribution in [0.4, 0.5) is 0 Å². The zero-order valence-electron chi connectivity index (χ0n) is 8.99. The largest absolute Gasteiger partial charge is 0.393 e. The molecular weight excluding hydrogens is 180 g/mol. The zero-order chi connectivity index (χ0) is 10.6. The van der Waals surface area contributed by atoms with E-state index in [1.807, 2.05) is 4.90 Å². The summed E-state index contributed by atoms with van der Waals surface area (Å²) in [6, 6.07) is 0. The topological polar surface area (TPSA) is 52.6 Å². The third-order valence-corrected chi connectivity index (χ3v) is 2.90. The number of piperidine rings is 1. The number of carbonyl (C=O) groups is 1. The van der Waals surface area contributed by atoms with Gasteiger partial charge in [0.05, 0.1) is 12.6 Å². The van der Waals surface area contributed by atoms with Gasteiger partial charge in [-0.3, -0.25) is 4.79 Å². The molecule has 0 spiro atoms. The summed E-state index contributed by atoms with van der Waals surface area (Å²) < 4.78 is 0. The maximum Gasteiger partial charge on any atom is 0.236 e. The second-order valence-electron chi connectivity index (χ2n) is 3.89. The van der Waals surface area contributed by atoms with Gasteiger partial charge < -0.3 is 15.3 Å². The highest BCUT2D eigenvalue weighted by Crippen LogP contribution is 2.19. The number of aliphatic hydroxyl groups excluding tert-OH is 1. The summed E-state index contributed by atoms with van der Waals surface area (Å²) in [5, 5.41) is 12.5. The van der Waals surface area contributed by atoms with E-state index in [1.54, 1.807) is 7.05 Å². The molecule has 0 aromatic carbocycles. The van der Waals surface area contributed by atoms with Crippen molar-refractivity contribution < 1.29 is 9.90 Å². The lowest BCUT2D eigenvalue weighted by molar-refractivity contribution is -0.133. The van der Waals surface area contributed by atoms with E-state index in [9.17, 15) is 9.90 Å². The van der Waals surface area contributed by atoms with Crippen LogP contribution in [0.2, 0.25) is 0 Å². The highest BCUT2D eigenvalue weighted by molar-refractivity contribution is 5.78. The second kappa shape index (κ2) is 5.32. The van der Waals surface area contributed by atoms with E-state index < -0.39 is 0 Å². The van der Waals surface area contributed by atoms with Gasteiger partial charge in [0.2, 0.25) is 5.91 Å². The number of likely N-dealkylation sites (tertiary alicyclic amines) is 1. The predicted octanol–water partition coefficient (Wildman–Crippen LogP) is -0.175. The number of likely N-dealkylation sites (N-methyl/N-ethyl adjacent to an activating group) is 1. The molecule has 1 amide bonds. The first-order valence-corrected chi connectivity index (χ1v) is 5.29. The van der Waals surface area contributed by atoms with E-state index in [-0.39, 0.29) is 17.9 Å². The molecular formula is C10H20N2O2. The summed E-state index contributed by atoms with van der Waals surface area (Å²) >= 11 is 0. The minimum absolute atomic E-state index is 0.137. The van der Waals surface area contributed by atoms with Crippen molar-refractivity contribution in [3.63, 3.8) is 0 Å². The van der Waals surface area contributed by atoms with Gasteiger partial charge in [0.1, 0.15) is 0 Å². The van der Waals surface area contributed by atoms with Crippen LogP contribution in [0.5, 0.6) is 0 Å². The van der Waals surface area contributed by atoms with Gasteiger partial charge in [-0.05, 0) is 19.9 Å². The van der Waals surface area contributed by atoms with Gasteiger partial charge in [-0.15, -0.1) is 0 Å². The van der Waals surface area contributed by atoms with Crippen molar-refractivity contribution in [3.8, 4) is 0 Å². The van der Waals surface area contributed by atoms with Gasteiger partial charge in [0, 0.05) is 19.0 Å². The van der Waals surface area contributed by atoms with Gasteiger partial charge in [-0.1, -0.05) is 6.92 Å². The molecule has 0 saturated carbocycles. The van der Waals surface area contributed by atoms with Crippen LogP contribution in [0.1, 0.15) is 19.8 Å². The average molecular weight is 200 g/mol. The van der Waals surface area contributed by atoms with Crippen molar-refractivity contribution in [2.24, 2.45) is 5.92 Å². The monoisotopic (exact) mass is 200 g/mol. The first-order valence-electron chi connectivity index (χ1n) is 5.29. The molecule has 1 fully saturated rings. The number of nitrogens with one attached hydrogen (secondary N) is 1. The Morgan fingerprint density at radius 2 is 2.36 bits per heavy atom. The van der Waals surface area contributed by atoms with E-state index in [0.717, 1.165) is 6.42 Å². The van der Waals surface area contributed by atoms with Crippen molar-refractivity contribution >= 4 is 5.91 Å². The first kappa shape index (κ1) is 11.5. The van der Waals surface area contributed by atoms with Crippen LogP contribution in [-0.4, -0.2) is 48.7 Å². The van der Waals surface area contributed by atoms with Crippen LogP contribution in [0.3, 0.4) is 0 Å². The molecule has 0 bridgehead atoms. The Kier molecular flexibility index (Phi) is 4.35. The minimum Gasteiger partial charge on any atom is -0.393 e. The molecule has 0 radical (unpaired) electrons. The maximum atomic E-state index is 11.5. The summed E-state index contributed by atoms with van der Waals surface area (Å²) in [5.41, 5.74) is 0. The highest BCUT2D eigenvalue weighted by Gasteiger charge is 2.28. The van der Waals surface area contributed by atoms with Crippen LogP contribution in [-0.2, 0) is 4.79 Å². The van der Waals surface area contributed by atoms with Crippen molar-refractivity contribution in [1.29, 1.82) is 0 Å². The number of nitrogens with zero attached hydrogens (tertiary/aromatic N) is 1. The molecule has 1 aliphatic rings. The Labute approximate surface area is 85.3 Å².